The zero-order valence-electron chi connectivity index (χ0n) is 15.7. The standard InChI is InChI=1S/C22H34N2O/c1-16(18-10-9-17-5-4-6-19(17)15-18)23-20-11-13-24(14-12-20)21-7-2-3-8-22(21)25/h9-10,15-16,20-23,25H,2-8,11-14H2,1H3. The molecular weight excluding hydrogens is 308 g/mol. The summed E-state index contributed by atoms with van der Waals surface area (Å²) in [6.07, 6.45) is 10.8. The van der Waals surface area contributed by atoms with Crippen molar-refractivity contribution < 1.29 is 5.11 Å². The first-order valence-electron chi connectivity index (χ1n) is 10.5. The molecule has 138 valence electrons. The van der Waals surface area contributed by atoms with Crippen LogP contribution in [0.1, 0.15) is 74.6 Å². The lowest BCUT2D eigenvalue weighted by Crippen LogP contribution is -2.51. The zero-order valence-corrected chi connectivity index (χ0v) is 15.7. The van der Waals surface area contributed by atoms with E-state index in [4.69, 9.17) is 0 Å². The molecule has 2 fully saturated rings. The zero-order chi connectivity index (χ0) is 17.2. The molecule has 1 aromatic carbocycles. The van der Waals surface area contributed by atoms with E-state index in [0.717, 1.165) is 19.5 Å². The average molecular weight is 343 g/mol. The molecule has 3 aliphatic rings. The highest BCUT2D eigenvalue weighted by Crippen LogP contribution is 2.28. The van der Waals surface area contributed by atoms with E-state index in [1.54, 1.807) is 11.1 Å². The van der Waals surface area contributed by atoms with Gasteiger partial charge in [-0.25, -0.2) is 0 Å². The fourth-order valence-electron chi connectivity index (χ4n) is 5.23. The van der Waals surface area contributed by atoms with Gasteiger partial charge in [0.2, 0.25) is 0 Å². The van der Waals surface area contributed by atoms with Crippen LogP contribution in [-0.2, 0) is 12.8 Å². The number of likely N-dealkylation sites (tertiary alicyclic amines) is 1. The third kappa shape index (κ3) is 3.94. The van der Waals surface area contributed by atoms with Gasteiger partial charge >= 0.3 is 0 Å². The molecule has 3 nitrogen and oxygen atoms in total. The Morgan fingerprint density at radius 1 is 1.00 bits per heavy atom. The minimum Gasteiger partial charge on any atom is -0.391 e. The Bertz CT molecular complexity index is 579. The normalized spacial score (nSPS) is 29.5. The Balaban J connectivity index is 1.29. The Kier molecular flexibility index (Phi) is 5.44. The van der Waals surface area contributed by atoms with Gasteiger partial charge in [-0.3, -0.25) is 4.90 Å². The van der Waals surface area contributed by atoms with E-state index >= 15 is 0 Å². The monoisotopic (exact) mass is 342 g/mol. The summed E-state index contributed by atoms with van der Waals surface area (Å²) in [5, 5.41) is 14.2. The minimum atomic E-state index is -0.0939. The molecule has 0 bridgehead atoms. The summed E-state index contributed by atoms with van der Waals surface area (Å²) >= 11 is 0. The molecular formula is C22H34N2O. The fourth-order valence-corrected chi connectivity index (χ4v) is 5.23. The number of rotatable bonds is 4. The number of benzene rings is 1. The summed E-state index contributed by atoms with van der Waals surface area (Å²) < 4.78 is 0. The maximum Gasteiger partial charge on any atom is 0.0695 e. The van der Waals surface area contributed by atoms with Gasteiger partial charge < -0.3 is 10.4 Å². The van der Waals surface area contributed by atoms with Crippen LogP contribution in [0.3, 0.4) is 0 Å². The number of nitrogens with zero attached hydrogens (tertiary/aromatic N) is 1. The fraction of sp³-hybridized carbons (Fsp3) is 0.727. The van der Waals surface area contributed by atoms with Crippen LogP contribution in [0.4, 0.5) is 0 Å². The summed E-state index contributed by atoms with van der Waals surface area (Å²) in [7, 11) is 0. The summed E-state index contributed by atoms with van der Waals surface area (Å²) in [5.41, 5.74) is 4.59. The van der Waals surface area contributed by atoms with Crippen molar-refractivity contribution in [3.05, 3.63) is 34.9 Å². The molecule has 0 amide bonds. The lowest BCUT2D eigenvalue weighted by Gasteiger charge is -2.42. The maximum atomic E-state index is 10.3. The van der Waals surface area contributed by atoms with Gasteiger partial charge in [0, 0.05) is 31.2 Å². The van der Waals surface area contributed by atoms with Crippen molar-refractivity contribution >= 4 is 0 Å². The highest BCUT2D eigenvalue weighted by atomic mass is 16.3. The van der Waals surface area contributed by atoms with Crippen LogP contribution in [-0.4, -0.2) is 41.3 Å². The summed E-state index contributed by atoms with van der Waals surface area (Å²) in [4.78, 5) is 2.56. The average Bonchev–Trinajstić information content (AvgIpc) is 3.10. The van der Waals surface area contributed by atoms with E-state index < -0.39 is 0 Å². The van der Waals surface area contributed by atoms with Crippen LogP contribution in [0.25, 0.3) is 0 Å². The molecule has 0 radical (unpaired) electrons. The molecule has 2 N–H and O–H groups in total. The molecule has 0 aromatic heterocycles. The number of fused-ring (bicyclic) bond motifs is 1. The SMILES string of the molecule is CC(NC1CCN(C2CCCCC2O)CC1)c1ccc2c(c1)CCC2. The highest BCUT2D eigenvalue weighted by molar-refractivity contribution is 5.36. The molecule has 0 spiro atoms. The van der Waals surface area contributed by atoms with Gasteiger partial charge in [-0.05, 0) is 68.6 Å². The molecule has 1 aromatic rings. The lowest BCUT2D eigenvalue weighted by molar-refractivity contribution is 0.00671. The molecule has 1 heterocycles. The molecule has 1 saturated heterocycles. The first kappa shape index (κ1) is 17.5. The molecule has 25 heavy (non-hydrogen) atoms. The van der Waals surface area contributed by atoms with Crippen molar-refractivity contribution in [2.24, 2.45) is 0 Å². The molecule has 3 unspecified atom stereocenters. The number of hydrogen-bond acceptors (Lipinski definition) is 3. The van der Waals surface area contributed by atoms with E-state index in [-0.39, 0.29) is 6.10 Å². The second kappa shape index (κ2) is 7.77. The second-order valence-electron chi connectivity index (χ2n) is 8.50. The van der Waals surface area contributed by atoms with Crippen molar-refractivity contribution in [2.75, 3.05) is 13.1 Å². The topological polar surface area (TPSA) is 35.5 Å². The number of aliphatic hydroxyl groups excluding tert-OH is 1. The second-order valence-corrected chi connectivity index (χ2v) is 8.50. The van der Waals surface area contributed by atoms with Crippen molar-refractivity contribution in [1.29, 1.82) is 0 Å². The molecule has 4 rings (SSSR count). The predicted molar refractivity (Wildman–Crippen MR) is 103 cm³/mol. The molecule has 1 saturated carbocycles. The summed E-state index contributed by atoms with van der Waals surface area (Å²) in [5.74, 6) is 0. The third-order valence-electron chi connectivity index (χ3n) is 6.80. The number of aliphatic hydroxyl groups is 1. The lowest BCUT2D eigenvalue weighted by atomic mass is 9.89. The Hall–Kier alpha value is -0.900. The highest BCUT2D eigenvalue weighted by Gasteiger charge is 2.31. The predicted octanol–water partition coefficient (Wildman–Crippen LogP) is 3.59. The van der Waals surface area contributed by atoms with E-state index in [9.17, 15) is 5.11 Å². The van der Waals surface area contributed by atoms with Crippen LogP contribution in [0.2, 0.25) is 0 Å². The van der Waals surface area contributed by atoms with Gasteiger partial charge in [-0.15, -0.1) is 0 Å². The molecule has 3 heteroatoms. The minimum absolute atomic E-state index is 0.0939. The van der Waals surface area contributed by atoms with E-state index in [1.165, 1.54) is 56.9 Å². The third-order valence-corrected chi connectivity index (χ3v) is 6.80. The Labute approximate surface area is 152 Å². The Morgan fingerprint density at radius 2 is 1.76 bits per heavy atom. The van der Waals surface area contributed by atoms with Gasteiger partial charge in [0.15, 0.2) is 0 Å². The van der Waals surface area contributed by atoms with Gasteiger partial charge in [0.25, 0.3) is 0 Å². The Morgan fingerprint density at radius 3 is 2.56 bits per heavy atom. The first-order chi connectivity index (χ1) is 12.2. The number of aryl methyl sites for hydroxylation is 2. The van der Waals surface area contributed by atoms with E-state index in [1.807, 2.05) is 0 Å². The van der Waals surface area contributed by atoms with Gasteiger partial charge in [0.1, 0.15) is 0 Å². The molecule has 3 atom stereocenters. The van der Waals surface area contributed by atoms with Gasteiger partial charge in [-0.1, -0.05) is 31.0 Å². The van der Waals surface area contributed by atoms with Crippen LogP contribution < -0.4 is 5.32 Å². The maximum absolute atomic E-state index is 10.3. The van der Waals surface area contributed by atoms with Crippen molar-refractivity contribution in [2.45, 2.75) is 88.9 Å². The smallest absolute Gasteiger partial charge is 0.0695 e. The molecule has 2 aliphatic carbocycles. The van der Waals surface area contributed by atoms with Gasteiger partial charge in [0.05, 0.1) is 6.10 Å². The quantitative estimate of drug-likeness (QED) is 0.878. The molecule has 1 aliphatic heterocycles. The largest absolute Gasteiger partial charge is 0.391 e. The van der Waals surface area contributed by atoms with Crippen LogP contribution >= 0.6 is 0 Å². The summed E-state index contributed by atoms with van der Waals surface area (Å²) in [6.45, 7) is 4.58. The van der Waals surface area contributed by atoms with Crippen LogP contribution in [0.5, 0.6) is 0 Å². The van der Waals surface area contributed by atoms with Gasteiger partial charge in [-0.2, -0.15) is 0 Å². The van der Waals surface area contributed by atoms with Crippen molar-refractivity contribution in [1.82, 2.24) is 10.2 Å². The number of nitrogens with one attached hydrogen (secondary N) is 1. The van der Waals surface area contributed by atoms with Crippen molar-refractivity contribution in [3.63, 3.8) is 0 Å². The van der Waals surface area contributed by atoms with Crippen LogP contribution in [0.15, 0.2) is 18.2 Å². The summed E-state index contributed by atoms with van der Waals surface area (Å²) in [6, 6.07) is 8.58. The number of piperidine rings is 1. The van der Waals surface area contributed by atoms with Crippen LogP contribution in [0, 0.1) is 0 Å². The first-order valence-corrected chi connectivity index (χ1v) is 10.5. The van der Waals surface area contributed by atoms with Crippen molar-refractivity contribution in [3.8, 4) is 0 Å². The number of hydrogen-bond donors (Lipinski definition) is 2. The van der Waals surface area contributed by atoms with E-state index in [0.29, 0.717) is 18.1 Å². The van der Waals surface area contributed by atoms with E-state index in [2.05, 4.69) is 35.3 Å².